The number of imidazole rings is 1. The van der Waals surface area contributed by atoms with E-state index in [4.69, 9.17) is 4.98 Å². The third kappa shape index (κ3) is 4.38. The highest BCUT2D eigenvalue weighted by molar-refractivity contribution is 7.17. The smallest absolute Gasteiger partial charge is 0.138 e. The van der Waals surface area contributed by atoms with E-state index in [0.29, 0.717) is 5.66 Å². The average Bonchev–Trinajstić information content (AvgIpc) is 3.32. The molecule has 174 valence electrons. The maximum Gasteiger partial charge on any atom is 0.138 e. The standard InChI is InChI=1S/C28H27N6P/c1-34(27-12-15-30-24-9-7-22(35)17-23(24)27)21-5-2-18(3-6-21)28-32-25-8-4-20(16-26(25)33-28)31-19-10-13-29-14-11-19/h2-6,8,10-16,22H,7,9,17,35H2,1H3,(H,29,31)(H,32,33). The lowest BCUT2D eigenvalue weighted by atomic mass is 9.93. The van der Waals surface area contributed by atoms with Crippen LogP contribution in [0.15, 0.2) is 79.3 Å². The topological polar surface area (TPSA) is 69.7 Å². The SMILES string of the molecule is CN(c1ccc(-c2nc3ccc(Nc4ccncc4)cc3[nH]2)cc1)c1ccnc2c1CC(P)CC2. The minimum Gasteiger partial charge on any atom is -0.355 e. The zero-order valence-electron chi connectivity index (χ0n) is 19.6. The summed E-state index contributed by atoms with van der Waals surface area (Å²) in [4.78, 5) is 19.3. The fraction of sp³-hybridized carbons (Fsp3) is 0.179. The van der Waals surface area contributed by atoms with Gasteiger partial charge in [-0.3, -0.25) is 9.97 Å². The fourth-order valence-corrected chi connectivity index (χ4v) is 5.17. The summed E-state index contributed by atoms with van der Waals surface area (Å²) in [5.74, 6) is 0.863. The van der Waals surface area contributed by atoms with Gasteiger partial charge < -0.3 is 15.2 Å². The lowest BCUT2D eigenvalue weighted by molar-refractivity contribution is 0.683. The molecule has 3 heterocycles. The lowest BCUT2D eigenvalue weighted by Gasteiger charge is -2.28. The van der Waals surface area contributed by atoms with Crippen LogP contribution in [0.2, 0.25) is 0 Å². The minimum absolute atomic E-state index is 0.620. The molecule has 6 nitrogen and oxygen atoms in total. The Labute approximate surface area is 207 Å². The Morgan fingerprint density at radius 2 is 1.80 bits per heavy atom. The Morgan fingerprint density at radius 1 is 0.971 bits per heavy atom. The van der Waals surface area contributed by atoms with E-state index in [1.165, 1.54) is 23.4 Å². The first-order chi connectivity index (χ1) is 17.1. The van der Waals surface area contributed by atoms with Crippen LogP contribution in [0.3, 0.4) is 0 Å². The van der Waals surface area contributed by atoms with Crippen molar-refractivity contribution in [2.75, 3.05) is 17.3 Å². The van der Waals surface area contributed by atoms with Crippen molar-refractivity contribution >= 4 is 43.0 Å². The molecule has 1 aliphatic rings. The first kappa shape index (κ1) is 21.8. The highest BCUT2D eigenvalue weighted by Gasteiger charge is 2.21. The van der Waals surface area contributed by atoms with Gasteiger partial charge in [-0.1, -0.05) is 0 Å². The Hall–Kier alpha value is -3.76. The van der Waals surface area contributed by atoms with Gasteiger partial charge in [0.15, 0.2) is 0 Å². The molecule has 0 fully saturated rings. The number of aryl methyl sites for hydroxylation is 1. The number of aromatic amines is 1. The predicted octanol–water partition coefficient (Wildman–Crippen LogP) is 6.26. The summed E-state index contributed by atoms with van der Waals surface area (Å²) < 4.78 is 0. The molecule has 0 saturated heterocycles. The number of pyridine rings is 2. The van der Waals surface area contributed by atoms with Gasteiger partial charge >= 0.3 is 0 Å². The maximum atomic E-state index is 4.81. The largest absolute Gasteiger partial charge is 0.355 e. The first-order valence-electron chi connectivity index (χ1n) is 11.9. The zero-order valence-corrected chi connectivity index (χ0v) is 20.7. The summed E-state index contributed by atoms with van der Waals surface area (Å²) in [5, 5.41) is 3.41. The molecular formula is C28H27N6P. The van der Waals surface area contributed by atoms with Crippen molar-refractivity contribution in [3.8, 4) is 11.4 Å². The van der Waals surface area contributed by atoms with Crippen molar-refractivity contribution in [2.24, 2.45) is 0 Å². The minimum atomic E-state index is 0.620. The van der Waals surface area contributed by atoms with Gasteiger partial charge in [-0.25, -0.2) is 4.98 Å². The number of fused-ring (bicyclic) bond motifs is 2. The average molecular weight is 479 g/mol. The highest BCUT2D eigenvalue weighted by Crippen LogP contribution is 2.35. The number of H-pyrrole nitrogens is 1. The van der Waals surface area contributed by atoms with Crippen molar-refractivity contribution in [1.82, 2.24) is 19.9 Å². The van der Waals surface area contributed by atoms with E-state index in [1.807, 2.05) is 30.5 Å². The first-order valence-corrected chi connectivity index (χ1v) is 12.5. The van der Waals surface area contributed by atoms with Crippen LogP contribution < -0.4 is 10.2 Å². The van der Waals surface area contributed by atoms with Gasteiger partial charge in [-0.05, 0) is 91.1 Å². The molecule has 2 unspecified atom stereocenters. The summed E-state index contributed by atoms with van der Waals surface area (Å²) >= 11 is 0. The van der Waals surface area contributed by atoms with Crippen molar-refractivity contribution in [3.63, 3.8) is 0 Å². The molecule has 0 bridgehead atoms. The number of anilines is 4. The molecular weight excluding hydrogens is 451 g/mol. The van der Waals surface area contributed by atoms with E-state index in [9.17, 15) is 0 Å². The molecule has 2 N–H and O–H groups in total. The molecule has 0 amide bonds. The molecule has 0 spiro atoms. The third-order valence-corrected chi connectivity index (χ3v) is 7.25. The molecule has 0 saturated carbocycles. The van der Waals surface area contributed by atoms with Crippen LogP contribution in [0.5, 0.6) is 0 Å². The number of rotatable bonds is 5. The van der Waals surface area contributed by atoms with Crippen LogP contribution >= 0.6 is 9.24 Å². The number of hydrogen-bond donors (Lipinski definition) is 2. The van der Waals surface area contributed by atoms with Gasteiger partial charge in [0, 0.05) is 59.6 Å². The van der Waals surface area contributed by atoms with Gasteiger partial charge in [0.2, 0.25) is 0 Å². The number of benzene rings is 2. The third-order valence-electron chi connectivity index (χ3n) is 6.68. The normalized spacial score (nSPS) is 15.1. The summed E-state index contributed by atoms with van der Waals surface area (Å²) in [5.41, 5.74) is 10.6. The molecule has 2 atom stereocenters. The predicted molar refractivity (Wildman–Crippen MR) is 147 cm³/mol. The van der Waals surface area contributed by atoms with Crippen molar-refractivity contribution in [3.05, 3.63) is 90.5 Å². The Morgan fingerprint density at radius 3 is 2.63 bits per heavy atom. The van der Waals surface area contributed by atoms with E-state index in [0.717, 1.165) is 52.3 Å². The van der Waals surface area contributed by atoms with E-state index in [2.05, 4.69) is 77.9 Å². The van der Waals surface area contributed by atoms with Crippen LogP contribution in [-0.2, 0) is 12.8 Å². The Bertz CT molecular complexity index is 1480. The number of aromatic nitrogens is 4. The summed E-state index contributed by atoms with van der Waals surface area (Å²) in [7, 11) is 5.12. The van der Waals surface area contributed by atoms with Crippen LogP contribution in [0, 0.1) is 0 Å². The van der Waals surface area contributed by atoms with E-state index in [1.54, 1.807) is 12.4 Å². The summed E-state index contributed by atoms with van der Waals surface area (Å²) in [6, 6.07) is 20.8. The molecule has 5 aromatic rings. The molecule has 2 aromatic carbocycles. The van der Waals surface area contributed by atoms with Gasteiger partial charge in [0.25, 0.3) is 0 Å². The van der Waals surface area contributed by atoms with E-state index >= 15 is 0 Å². The van der Waals surface area contributed by atoms with E-state index in [-0.39, 0.29) is 0 Å². The lowest BCUT2D eigenvalue weighted by Crippen LogP contribution is -2.20. The maximum absolute atomic E-state index is 4.81. The van der Waals surface area contributed by atoms with Gasteiger partial charge in [-0.15, -0.1) is 9.24 Å². The zero-order chi connectivity index (χ0) is 23.8. The van der Waals surface area contributed by atoms with Gasteiger partial charge in [-0.2, -0.15) is 0 Å². The number of nitrogens with zero attached hydrogens (tertiary/aromatic N) is 4. The fourth-order valence-electron chi connectivity index (χ4n) is 4.77. The van der Waals surface area contributed by atoms with Crippen LogP contribution in [0.1, 0.15) is 17.7 Å². The van der Waals surface area contributed by atoms with Gasteiger partial charge in [0.05, 0.1) is 11.0 Å². The summed E-state index contributed by atoms with van der Waals surface area (Å²) in [6.45, 7) is 0. The number of nitrogens with one attached hydrogen (secondary N) is 2. The van der Waals surface area contributed by atoms with Crippen LogP contribution in [0.25, 0.3) is 22.4 Å². The van der Waals surface area contributed by atoms with Gasteiger partial charge in [0.1, 0.15) is 5.82 Å². The van der Waals surface area contributed by atoms with Crippen molar-refractivity contribution < 1.29 is 0 Å². The molecule has 3 aromatic heterocycles. The van der Waals surface area contributed by atoms with Crippen LogP contribution in [-0.4, -0.2) is 32.6 Å². The second-order valence-electron chi connectivity index (χ2n) is 9.04. The second-order valence-corrected chi connectivity index (χ2v) is 9.99. The molecule has 35 heavy (non-hydrogen) atoms. The quantitative estimate of drug-likeness (QED) is 0.292. The van der Waals surface area contributed by atoms with Crippen molar-refractivity contribution in [1.29, 1.82) is 0 Å². The van der Waals surface area contributed by atoms with Crippen LogP contribution in [0.4, 0.5) is 22.7 Å². The molecule has 7 heteroatoms. The Kier molecular flexibility index (Phi) is 5.67. The van der Waals surface area contributed by atoms with Crippen molar-refractivity contribution in [2.45, 2.75) is 24.9 Å². The Balaban J connectivity index is 1.25. The number of hydrogen-bond acceptors (Lipinski definition) is 5. The highest BCUT2D eigenvalue weighted by atomic mass is 31.0. The molecule has 1 aliphatic carbocycles. The molecule has 0 aliphatic heterocycles. The monoisotopic (exact) mass is 478 g/mol. The molecule has 6 rings (SSSR count). The second kappa shape index (κ2) is 9.12. The molecule has 0 radical (unpaired) electrons. The summed E-state index contributed by atoms with van der Waals surface area (Å²) in [6.07, 6.45) is 8.79. The van der Waals surface area contributed by atoms with E-state index < -0.39 is 0 Å².